The molecule has 2 nitrogen and oxygen atoms in total. The highest BCUT2D eigenvalue weighted by atomic mass is 33.1. The van der Waals surface area contributed by atoms with Crippen LogP contribution in [0, 0.1) is 0 Å². The van der Waals surface area contributed by atoms with Gasteiger partial charge in [-0.3, -0.25) is 9.52 Å². The van der Waals surface area contributed by atoms with Gasteiger partial charge in [0.25, 0.3) is 0 Å². The average molecular weight is 213 g/mol. The van der Waals surface area contributed by atoms with E-state index in [0.717, 1.165) is 16.5 Å². The summed E-state index contributed by atoms with van der Waals surface area (Å²) in [4.78, 5) is 11.4. The minimum absolute atomic E-state index is 0.0220. The van der Waals surface area contributed by atoms with Gasteiger partial charge in [-0.05, 0) is 12.5 Å². The van der Waals surface area contributed by atoms with Crippen LogP contribution in [0.5, 0.6) is 0 Å². The maximum Gasteiger partial charge on any atom is 0.237 e. The van der Waals surface area contributed by atoms with Crippen molar-refractivity contribution in [2.24, 2.45) is 0 Å². The molecule has 1 rings (SSSR count). The summed E-state index contributed by atoms with van der Waals surface area (Å²) in [6.07, 6.45) is 0. The van der Waals surface area contributed by atoms with Crippen LogP contribution >= 0.6 is 22.6 Å². The second kappa shape index (κ2) is 5.19. The Morgan fingerprint density at radius 3 is 2.62 bits per heavy atom. The highest BCUT2D eigenvalue weighted by Crippen LogP contribution is 2.15. The summed E-state index contributed by atoms with van der Waals surface area (Å²) in [6, 6.07) is 9.66. The molecule has 0 aromatic heterocycles. The zero-order valence-corrected chi connectivity index (χ0v) is 8.94. The van der Waals surface area contributed by atoms with E-state index >= 15 is 0 Å². The Labute approximate surface area is 87.1 Å². The van der Waals surface area contributed by atoms with Crippen LogP contribution in [0.1, 0.15) is 18.4 Å². The molecule has 0 bridgehead atoms. The molecule has 0 radical (unpaired) electrons. The van der Waals surface area contributed by atoms with E-state index in [1.807, 2.05) is 37.3 Å². The number of hydrogen-bond acceptors (Lipinski definition) is 3. The van der Waals surface area contributed by atoms with Gasteiger partial charge in [0.2, 0.25) is 5.91 Å². The van der Waals surface area contributed by atoms with E-state index in [-0.39, 0.29) is 11.8 Å². The molecule has 0 heterocycles. The molecule has 1 amide bonds. The fourth-order valence-corrected chi connectivity index (χ4v) is 1.56. The summed E-state index contributed by atoms with van der Waals surface area (Å²) < 4.78 is 2.59. The fourth-order valence-electron chi connectivity index (χ4n) is 1.03. The first-order valence-electron chi connectivity index (χ1n) is 3.91. The number of benzene rings is 1. The van der Waals surface area contributed by atoms with E-state index in [1.54, 1.807) is 0 Å². The lowest BCUT2D eigenvalue weighted by Crippen LogP contribution is -2.20. The third-order valence-electron chi connectivity index (χ3n) is 1.84. The quantitative estimate of drug-likeness (QED) is 0.458. The van der Waals surface area contributed by atoms with E-state index in [0.29, 0.717) is 0 Å². The minimum atomic E-state index is -0.124. The lowest BCUT2D eigenvalue weighted by Gasteiger charge is -2.09. The number of thiol groups is 1. The lowest BCUT2D eigenvalue weighted by molar-refractivity contribution is -0.120. The molecule has 0 saturated carbocycles. The topological polar surface area (TPSA) is 29.1 Å². The molecule has 0 saturated heterocycles. The summed E-state index contributed by atoms with van der Waals surface area (Å²) >= 11 is 3.85. The molecule has 1 atom stereocenters. The third kappa shape index (κ3) is 2.97. The first-order valence-corrected chi connectivity index (χ1v) is 5.78. The Balaban J connectivity index is 2.68. The molecule has 0 aliphatic rings. The standard InChI is InChI=1S/C9H11NOS2/c1-7(9(11)10-13-12)8-5-3-2-4-6-8/h2-7,12H,1H3,(H,10,11)/t7-/m0/s1. The zero-order chi connectivity index (χ0) is 9.68. The Morgan fingerprint density at radius 2 is 2.08 bits per heavy atom. The molecule has 1 N–H and O–H groups in total. The van der Waals surface area contributed by atoms with Crippen LogP contribution in [0.2, 0.25) is 0 Å². The number of hydrogen-bond donors (Lipinski definition) is 2. The highest BCUT2D eigenvalue weighted by molar-refractivity contribution is 8.68. The van der Waals surface area contributed by atoms with Crippen LogP contribution in [0.4, 0.5) is 0 Å². The van der Waals surface area contributed by atoms with Crippen molar-refractivity contribution in [2.75, 3.05) is 0 Å². The highest BCUT2D eigenvalue weighted by Gasteiger charge is 2.13. The van der Waals surface area contributed by atoms with Crippen molar-refractivity contribution in [3.05, 3.63) is 35.9 Å². The smallest absolute Gasteiger partial charge is 0.237 e. The second-order valence-electron chi connectivity index (χ2n) is 2.69. The first kappa shape index (κ1) is 10.5. The Hall–Kier alpha value is -0.610. The zero-order valence-electron chi connectivity index (χ0n) is 7.23. The number of amides is 1. The molecule has 0 aliphatic carbocycles. The summed E-state index contributed by atoms with van der Waals surface area (Å²) in [5.41, 5.74) is 1.02. The van der Waals surface area contributed by atoms with Gasteiger partial charge >= 0.3 is 0 Å². The van der Waals surface area contributed by atoms with Crippen molar-refractivity contribution < 1.29 is 4.79 Å². The summed E-state index contributed by atoms with van der Waals surface area (Å²) in [6.45, 7) is 1.87. The molecule has 13 heavy (non-hydrogen) atoms. The van der Waals surface area contributed by atoms with Crippen LogP contribution in [0.15, 0.2) is 30.3 Å². The van der Waals surface area contributed by atoms with Gasteiger partial charge in [0.15, 0.2) is 0 Å². The van der Waals surface area contributed by atoms with Crippen molar-refractivity contribution in [3.63, 3.8) is 0 Å². The first-order chi connectivity index (χ1) is 6.25. The van der Waals surface area contributed by atoms with Crippen LogP contribution < -0.4 is 4.72 Å². The van der Waals surface area contributed by atoms with Crippen LogP contribution in [0.3, 0.4) is 0 Å². The lowest BCUT2D eigenvalue weighted by atomic mass is 10.0. The van der Waals surface area contributed by atoms with Gasteiger partial charge in [0, 0.05) is 11.0 Å². The summed E-state index contributed by atoms with van der Waals surface area (Å²) in [5.74, 6) is -0.146. The minimum Gasteiger partial charge on any atom is -0.291 e. The number of carbonyl (C=O) groups excluding carboxylic acids is 1. The third-order valence-corrected chi connectivity index (χ3v) is 2.41. The van der Waals surface area contributed by atoms with Crippen LogP contribution in [0.25, 0.3) is 0 Å². The van der Waals surface area contributed by atoms with Crippen LogP contribution in [-0.4, -0.2) is 5.91 Å². The molecule has 1 aromatic carbocycles. The van der Waals surface area contributed by atoms with Gasteiger partial charge in [-0.15, -0.1) is 0 Å². The Kier molecular flexibility index (Phi) is 4.18. The number of nitrogens with one attached hydrogen (secondary N) is 1. The molecule has 0 unspecified atom stereocenters. The van der Waals surface area contributed by atoms with Crippen molar-refractivity contribution in [2.45, 2.75) is 12.8 Å². The van der Waals surface area contributed by atoms with Crippen molar-refractivity contribution in [3.8, 4) is 0 Å². The molecule has 0 fully saturated rings. The van der Waals surface area contributed by atoms with Gasteiger partial charge in [-0.1, -0.05) is 42.0 Å². The number of rotatable bonds is 3. The van der Waals surface area contributed by atoms with E-state index in [9.17, 15) is 4.79 Å². The van der Waals surface area contributed by atoms with E-state index in [1.165, 1.54) is 0 Å². The van der Waals surface area contributed by atoms with Gasteiger partial charge in [-0.2, -0.15) is 0 Å². The normalized spacial score (nSPS) is 12.2. The molecule has 1 aromatic rings. The van der Waals surface area contributed by atoms with Gasteiger partial charge in [-0.25, -0.2) is 0 Å². The Morgan fingerprint density at radius 1 is 1.46 bits per heavy atom. The predicted molar refractivity (Wildman–Crippen MR) is 59.6 cm³/mol. The van der Waals surface area contributed by atoms with Crippen LogP contribution in [-0.2, 0) is 4.79 Å². The average Bonchev–Trinajstić information content (AvgIpc) is 2.18. The molecule has 0 spiro atoms. The van der Waals surface area contributed by atoms with E-state index < -0.39 is 0 Å². The van der Waals surface area contributed by atoms with E-state index in [4.69, 9.17) is 0 Å². The van der Waals surface area contributed by atoms with Gasteiger partial charge < -0.3 is 0 Å². The van der Waals surface area contributed by atoms with Crippen molar-refractivity contribution >= 4 is 28.5 Å². The maximum atomic E-state index is 11.4. The molecular weight excluding hydrogens is 202 g/mol. The van der Waals surface area contributed by atoms with Crippen molar-refractivity contribution in [1.29, 1.82) is 0 Å². The molecular formula is C9H11NOS2. The monoisotopic (exact) mass is 213 g/mol. The summed E-state index contributed by atoms with van der Waals surface area (Å²) in [7, 11) is 1.03. The van der Waals surface area contributed by atoms with E-state index in [2.05, 4.69) is 16.4 Å². The maximum absolute atomic E-state index is 11.4. The largest absolute Gasteiger partial charge is 0.291 e. The SMILES string of the molecule is C[C@H](C(=O)NSS)c1ccccc1. The molecule has 70 valence electrons. The van der Waals surface area contributed by atoms with Crippen molar-refractivity contribution in [1.82, 2.24) is 4.72 Å². The Bertz CT molecular complexity index is 276. The molecule has 0 aliphatic heterocycles. The second-order valence-corrected chi connectivity index (χ2v) is 3.62. The number of carbonyl (C=O) groups is 1. The van der Waals surface area contributed by atoms with Gasteiger partial charge in [0.1, 0.15) is 0 Å². The summed E-state index contributed by atoms with van der Waals surface area (Å²) in [5, 5.41) is 0. The fraction of sp³-hybridized carbons (Fsp3) is 0.222. The predicted octanol–water partition coefficient (Wildman–Crippen LogP) is 2.40. The van der Waals surface area contributed by atoms with Gasteiger partial charge in [0.05, 0.1) is 5.92 Å². The molecule has 4 heteroatoms.